The molecule has 0 spiro atoms. The predicted octanol–water partition coefficient (Wildman–Crippen LogP) is 1.42. The number of nitrogens with two attached hydrogens (primary N) is 1. The SMILES string of the molecule is CC1CN(C(=O)CCc2ccccc2)CC1N. The number of benzene rings is 1. The molecular formula is C14H20N2O. The van der Waals surface area contributed by atoms with Crippen LogP contribution in [0.3, 0.4) is 0 Å². The summed E-state index contributed by atoms with van der Waals surface area (Å²) in [5, 5.41) is 0. The highest BCUT2D eigenvalue weighted by Crippen LogP contribution is 2.16. The maximum Gasteiger partial charge on any atom is 0.222 e. The van der Waals surface area contributed by atoms with E-state index in [0.717, 1.165) is 19.5 Å². The van der Waals surface area contributed by atoms with Gasteiger partial charge in [-0.15, -0.1) is 0 Å². The minimum absolute atomic E-state index is 0.149. The van der Waals surface area contributed by atoms with Gasteiger partial charge >= 0.3 is 0 Å². The molecule has 0 radical (unpaired) electrons. The van der Waals surface area contributed by atoms with Crippen molar-refractivity contribution in [3.8, 4) is 0 Å². The number of hydrogen-bond donors (Lipinski definition) is 1. The van der Waals surface area contributed by atoms with Crippen LogP contribution in [0.1, 0.15) is 18.9 Å². The number of hydrogen-bond acceptors (Lipinski definition) is 2. The molecule has 2 rings (SSSR count). The van der Waals surface area contributed by atoms with Crippen LogP contribution < -0.4 is 5.73 Å². The van der Waals surface area contributed by atoms with Gasteiger partial charge < -0.3 is 10.6 Å². The van der Waals surface area contributed by atoms with E-state index in [1.165, 1.54) is 5.56 Å². The first-order chi connectivity index (χ1) is 8.16. The van der Waals surface area contributed by atoms with Crippen LogP contribution in [-0.2, 0) is 11.2 Å². The lowest BCUT2D eigenvalue weighted by Crippen LogP contribution is -2.32. The molecule has 1 aliphatic heterocycles. The maximum absolute atomic E-state index is 12.0. The number of carbonyl (C=O) groups excluding carboxylic acids is 1. The van der Waals surface area contributed by atoms with E-state index in [1.54, 1.807) is 0 Å². The molecule has 3 nitrogen and oxygen atoms in total. The van der Waals surface area contributed by atoms with Crippen molar-refractivity contribution in [2.45, 2.75) is 25.8 Å². The fourth-order valence-corrected chi connectivity index (χ4v) is 2.25. The molecule has 1 aromatic rings. The Bertz CT molecular complexity index is 367. The Morgan fingerprint density at radius 2 is 2.06 bits per heavy atom. The highest BCUT2D eigenvalue weighted by molar-refractivity contribution is 5.76. The zero-order chi connectivity index (χ0) is 12.3. The number of rotatable bonds is 3. The Morgan fingerprint density at radius 1 is 1.35 bits per heavy atom. The highest BCUT2D eigenvalue weighted by atomic mass is 16.2. The van der Waals surface area contributed by atoms with Crippen LogP contribution in [-0.4, -0.2) is 29.9 Å². The summed E-state index contributed by atoms with van der Waals surface area (Å²) < 4.78 is 0. The second-order valence-corrected chi connectivity index (χ2v) is 4.93. The lowest BCUT2D eigenvalue weighted by Gasteiger charge is -2.15. The molecule has 1 heterocycles. The Kier molecular flexibility index (Phi) is 3.79. The molecule has 92 valence electrons. The van der Waals surface area contributed by atoms with E-state index in [4.69, 9.17) is 5.73 Å². The molecule has 2 N–H and O–H groups in total. The molecule has 17 heavy (non-hydrogen) atoms. The van der Waals surface area contributed by atoms with Crippen molar-refractivity contribution in [2.75, 3.05) is 13.1 Å². The van der Waals surface area contributed by atoms with Gasteiger partial charge in [0, 0.05) is 25.6 Å². The van der Waals surface area contributed by atoms with Gasteiger partial charge in [-0.3, -0.25) is 4.79 Å². The molecule has 2 unspecified atom stereocenters. The summed E-state index contributed by atoms with van der Waals surface area (Å²) in [7, 11) is 0. The van der Waals surface area contributed by atoms with Gasteiger partial charge in [0.1, 0.15) is 0 Å². The first-order valence-electron chi connectivity index (χ1n) is 6.24. The van der Waals surface area contributed by atoms with Gasteiger partial charge in [0.15, 0.2) is 0 Å². The molecule has 1 saturated heterocycles. The molecule has 1 fully saturated rings. The minimum atomic E-state index is 0.149. The molecule has 0 bridgehead atoms. The second-order valence-electron chi connectivity index (χ2n) is 4.93. The molecule has 1 amide bonds. The van der Waals surface area contributed by atoms with Crippen LogP contribution >= 0.6 is 0 Å². The summed E-state index contributed by atoms with van der Waals surface area (Å²) >= 11 is 0. The minimum Gasteiger partial charge on any atom is -0.341 e. The summed E-state index contributed by atoms with van der Waals surface area (Å²) in [6.45, 7) is 3.64. The summed E-state index contributed by atoms with van der Waals surface area (Å²) in [5.74, 6) is 0.657. The summed E-state index contributed by atoms with van der Waals surface area (Å²) in [6.07, 6.45) is 1.41. The number of likely N-dealkylation sites (tertiary alicyclic amines) is 1. The van der Waals surface area contributed by atoms with Gasteiger partial charge in [-0.25, -0.2) is 0 Å². The fraction of sp³-hybridized carbons (Fsp3) is 0.500. The average molecular weight is 232 g/mol. The number of amides is 1. The van der Waals surface area contributed by atoms with Crippen molar-refractivity contribution in [1.29, 1.82) is 0 Å². The van der Waals surface area contributed by atoms with Crippen molar-refractivity contribution in [3.63, 3.8) is 0 Å². The molecule has 1 aromatic carbocycles. The van der Waals surface area contributed by atoms with Crippen molar-refractivity contribution in [3.05, 3.63) is 35.9 Å². The van der Waals surface area contributed by atoms with E-state index >= 15 is 0 Å². The van der Waals surface area contributed by atoms with Crippen LogP contribution in [0.5, 0.6) is 0 Å². The Balaban J connectivity index is 1.82. The number of aryl methyl sites for hydroxylation is 1. The van der Waals surface area contributed by atoms with Gasteiger partial charge in [0.05, 0.1) is 0 Å². The first kappa shape index (κ1) is 12.1. The van der Waals surface area contributed by atoms with E-state index in [0.29, 0.717) is 12.3 Å². The topological polar surface area (TPSA) is 46.3 Å². The van der Waals surface area contributed by atoms with Gasteiger partial charge in [-0.2, -0.15) is 0 Å². The molecule has 2 atom stereocenters. The molecule has 0 saturated carbocycles. The van der Waals surface area contributed by atoms with Crippen molar-refractivity contribution in [2.24, 2.45) is 11.7 Å². The smallest absolute Gasteiger partial charge is 0.222 e. The Hall–Kier alpha value is -1.35. The predicted molar refractivity (Wildman–Crippen MR) is 68.5 cm³/mol. The van der Waals surface area contributed by atoms with E-state index < -0.39 is 0 Å². The van der Waals surface area contributed by atoms with Gasteiger partial charge in [-0.1, -0.05) is 37.3 Å². The van der Waals surface area contributed by atoms with Gasteiger partial charge in [0.2, 0.25) is 5.91 Å². The zero-order valence-electron chi connectivity index (χ0n) is 10.3. The van der Waals surface area contributed by atoms with E-state index in [-0.39, 0.29) is 11.9 Å². The molecule has 0 aliphatic carbocycles. The van der Waals surface area contributed by atoms with Crippen LogP contribution in [0.2, 0.25) is 0 Å². The van der Waals surface area contributed by atoms with E-state index in [9.17, 15) is 4.79 Å². The normalized spacial score (nSPS) is 24.0. The molecule has 0 aromatic heterocycles. The van der Waals surface area contributed by atoms with E-state index in [1.807, 2.05) is 23.1 Å². The first-order valence-corrected chi connectivity index (χ1v) is 6.24. The highest BCUT2D eigenvalue weighted by Gasteiger charge is 2.29. The van der Waals surface area contributed by atoms with Crippen LogP contribution in [0, 0.1) is 5.92 Å². The monoisotopic (exact) mass is 232 g/mol. The van der Waals surface area contributed by atoms with Crippen molar-refractivity contribution >= 4 is 5.91 Å². The Labute approximate surface area is 103 Å². The maximum atomic E-state index is 12.0. The fourth-order valence-electron chi connectivity index (χ4n) is 2.25. The quantitative estimate of drug-likeness (QED) is 0.857. The lowest BCUT2D eigenvalue weighted by atomic mass is 10.1. The standard InChI is InChI=1S/C14H20N2O/c1-11-9-16(10-13(11)15)14(17)8-7-12-5-3-2-4-6-12/h2-6,11,13H,7-10,15H2,1H3. The summed E-state index contributed by atoms with van der Waals surface area (Å²) in [6, 6.07) is 10.3. The van der Waals surface area contributed by atoms with Crippen molar-refractivity contribution in [1.82, 2.24) is 4.90 Å². The Morgan fingerprint density at radius 3 is 2.65 bits per heavy atom. The van der Waals surface area contributed by atoms with Crippen LogP contribution in [0.4, 0.5) is 0 Å². The van der Waals surface area contributed by atoms with Gasteiger partial charge in [-0.05, 0) is 17.9 Å². The number of carbonyl (C=O) groups is 1. The summed E-state index contributed by atoms with van der Waals surface area (Å²) in [5.41, 5.74) is 7.14. The third kappa shape index (κ3) is 3.07. The molecule has 3 heteroatoms. The second kappa shape index (κ2) is 5.32. The lowest BCUT2D eigenvalue weighted by molar-refractivity contribution is -0.130. The molecule has 1 aliphatic rings. The van der Waals surface area contributed by atoms with Crippen LogP contribution in [0.25, 0.3) is 0 Å². The average Bonchev–Trinajstić information content (AvgIpc) is 2.68. The van der Waals surface area contributed by atoms with E-state index in [2.05, 4.69) is 19.1 Å². The zero-order valence-corrected chi connectivity index (χ0v) is 10.3. The van der Waals surface area contributed by atoms with Crippen LogP contribution in [0.15, 0.2) is 30.3 Å². The number of nitrogens with zero attached hydrogens (tertiary/aromatic N) is 1. The summed E-state index contributed by atoms with van der Waals surface area (Å²) in [4.78, 5) is 13.9. The largest absolute Gasteiger partial charge is 0.341 e. The van der Waals surface area contributed by atoms with Gasteiger partial charge in [0.25, 0.3) is 0 Å². The third-order valence-electron chi connectivity index (χ3n) is 3.49. The van der Waals surface area contributed by atoms with Crippen molar-refractivity contribution < 1.29 is 4.79 Å². The third-order valence-corrected chi connectivity index (χ3v) is 3.49. The molecular weight excluding hydrogens is 212 g/mol.